The number of rotatable bonds is 13. The van der Waals surface area contributed by atoms with Gasteiger partial charge in [0, 0.05) is 29.1 Å². The van der Waals surface area contributed by atoms with Crippen LogP contribution in [0.4, 0.5) is 0 Å². The Morgan fingerprint density at radius 1 is 0.977 bits per heavy atom. The molecule has 2 aromatic carbocycles. The molecule has 5 aromatic rings. The van der Waals surface area contributed by atoms with Gasteiger partial charge >= 0.3 is 5.97 Å². The molecular formula is C32H34N8O3. The molecule has 0 aliphatic carbocycles. The molecule has 0 fully saturated rings. The second-order valence-corrected chi connectivity index (χ2v) is 10.1. The van der Waals surface area contributed by atoms with Crippen molar-refractivity contribution in [3.8, 4) is 22.6 Å². The van der Waals surface area contributed by atoms with Crippen LogP contribution in [0.3, 0.4) is 0 Å². The number of ether oxygens (including phenoxy) is 1. The third-order valence-corrected chi connectivity index (χ3v) is 6.94. The third-order valence-electron chi connectivity index (χ3n) is 6.94. The molecule has 0 spiro atoms. The number of nitrogens with zero attached hydrogens (tertiary/aromatic N) is 6. The van der Waals surface area contributed by atoms with Crippen LogP contribution in [0.1, 0.15) is 54.0 Å². The molecule has 3 aromatic heterocycles. The molecule has 0 radical (unpaired) electrons. The van der Waals surface area contributed by atoms with Crippen LogP contribution in [0.5, 0.6) is 0 Å². The van der Waals surface area contributed by atoms with E-state index in [4.69, 9.17) is 9.72 Å². The molecule has 11 nitrogen and oxygen atoms in total. The molecular weight excluding hydrogens is 544 g/mol. The first-order chi connectivity index (χ1) is 21.0. The van der Waals surface area contributed by atoms with Gasteiger partial charge in [-0.3, -0.25) is 19.3 Å². The summed E-state index contributed by atoms with van der Waals surface area (Å²) in [6, 6.07) is 22.9. The fourth-order valence-electron chi connectivity index (χ4n) is 4.95. The Bertz CT molecular complexity index is 1630. The first-order valence-electron chi connectivity index (χ1n) is 14.4. The van der Waals surface area contributed by atoms with Crippen LogP contribution < -0.4 is 5.32 Å². The lowest BCUT2D eigenvalue weighted by molar-refractivity contribution is -0.143. The minimum atomic E-state index is -0.430. The Labute approximate surface area is 249 Å². The third kappa shape index (κ3) is 7.56. The summed E-state index contributed by atoms with van der Waals surface area (Å²) in [7, 11) is 0. The van der Waals surface area contributed by atoms with Crippen LogP contribution in [0, 0.1) is 0 Å². The summed E-state index contributed by atoms with van der Waals surface area (Å²) in [6.07, 6.45) is 4.06. The highest BCUT2D eigenvalue weighted by atomic mass is 16.5. The van der Waals surface area contributed by atoms with Crippen molar-refractivity contribution in [2.45, 2.75) is 52.1 Å². The molecule has 0 bridgehead atoms. The predicted molar refractivity (Wildman–Crippen MR) is 161 cm³/mol. The smallest absolute Gasteiger partial charge is 0.307 e. The van der Waals surface area contributed by atoms with Crippen molar-refractivity contribution in [3.05, 3.63) is 102 Å². The van der Waals surface area contributed by atoms with Gasteiger partial charge in [0.1, 0.15) is 5.69 Å². The fourth-order valence-corrected chi connectivity index (χ4v) is 4.95. The van der Waals surface area contributed by atoms with E-state index in [1.54, 1.807) is 6.92 Å². The lowest BCUT2D eigenvalue weighted by Crippen LogP contribution is -2.38. The van der Waals surface area contributed by atoms with Crippen LogP contribution in [0.2, 0.25) is 0 Å². The number of hydrogen-bond donors (Lipinski definition) is 2. The highest BCUT2D eigenvalue weighted by molar-refractivity contribution is 5.93. The van der Waals surface area contributed by atoms with Gasteiger partial charge in [-0.15, -0.1) is 5.10 Å². The maximum Gasteiger partial charge on any atom is 0.307 e. The molecule has 0 saturated carbocycles. The molecule has 11 heteroatoms. The van der Waals surface area contributed by atoms with E-state index in [-0.39, 0.29) is 24.9 Å². The van der Waals surface area contributed by atoms with Gasteiger partial charge in [0.2, 0.25) is 0 Å². The second kappa shape index (κ2) is 14.1. The minimum Gasteiger partial charge on any atom is -0.466 e. The maximum atomic E-state index is 13.4. The maximum absolute atomic E-state index is 13.4. The molecule has 0 saturated heterocycles. The monoisotopic (exact) mass is 578 g/mol. The number of hydrogen-bond acceptors (Lipinski definition) is 8. The molecule has 1 unspecified atom stereocenters. The van der Waals surface area contributed by atoms with Crippen molar-refractivity contribution in [1.29, 1.82) is 0 Å². The Morgan fingerprint density at radius 3 is 2.47 bits per heavy atom. The number of pyridine rings is 1. The van der Waals surface area contributed by atoms with Crippen LogP contribution in [-0.4, -0.2) is 59.9 Å². The Kier molecular flexibility index (Phi) is 9.63. The topological polar surface area (TPSA) is 141 Å². The van der Waals surface area contributed by atoms with Crippen LogP contribution in [-0.2, 0) is 28.9 Å². The van der Waals surface area contributed by atoms with Crippen molar-refractivity contribution < 1.29 is 14.3 Å². The number of aromatic amines is 1. The summed E-state index contributed by atoms with van der Waals surface area (Å²) in [5.74, 6) is -0.105. The van der Waals surface area contributed by atoms with Crippen LogP contribution >= 0.6 is 0 Å². The lowest BCUT2D eigenvalue weighted by atomic mass is 10.0. The van der Waals surface area contributed by atoms with E-state index in [0.29, 0.717) is 24.5 Å². The fraction of sp³-hybridized carbons (Fsp3) is 0.281. The van der Waals surface area contributed by atoms with Gasteiger partial charge in [0.25, 0.3) is 5.91 Å². The molecule has 1 atom stereocenters. The zero-order chi connectivity index (χ0) is 30.0. The van der Waals surface area contributed by atoms with E-state index >= 15 is 0 Å². The van der Waals surface area contributed by atoms with E-state index in [1.807, 2.05) is 83.7 Å². The quantitative estimate of drug-likeness (QED) is 0.196. The number of benzene rings is 2. The van der Waals surface area contributed by atoms with Gasteiger partial charge in [-0.2, -0.15) is 5.10 Å². The molecule has 5 rings (SSSR count). The van der Waals surface area contributed by atoms with Gasteiger partial charge in [0.05, 0.1) is 25.3 Å². The van der Waals surface area contributed by atoms with Crippen molar-refractivity contribution in [2.75, 3.05) is 6.61 Å². The molecule has 1 amide bonds. The Balaban J connectivity index is 1.32. The zero-order valence-corrected chi connectivity index (χ0v) is 24.2. The standard InChI is InChI=1S/C32H34N8O3/c1-3-10-25-19-29(32(42)34-24(18-30(41)43-4-2)17-22-11-6-5-7-12-22)37-40(25)21-23-15-16-28(33-20-23)26-13-8-9-14-27(26)31-35-38-39-36-31/h5-9,11-16,19-20,24H,3-4,10,17-18,21H2,1-2H3,(H,34,42)(H,35,36,38,39). The van der Waals surface area contributed by atoms with Crippen molar-refractivity contribution >= 4 is 11.9 Å². The SMILES string of the molecule is CCCc1cc(C(=O)NC(CC(=O)OCC)Cc2ccccc2)nn1Cc1ccc(-c2ccccc2-c2nnn[nH]2)nc1. The minimum absolute atomic E-state index is 0.0745. The first-order valence-corrected chi connectivity index (χ1v) is 14.4. The molecule has 3 heterocycles. The van der Waals surface area contributed by atoms with Gasteiger partial charge < -0.3 is 10.1 Å². The van der Waals surface area contributed by atoms with E-state index in [2.05, 4.69) is 38.0 Å². The number of H-pyrrole nitrogens is 1. The second-order valence-electron chi connectivity index (χ2n) is 10.1. The number of carbonyl (C=O) groups excluding carboxylic acids is 2. The molecule has 0 aliphatic heterocycles. The van der Waals surface area contributed by atoms with Gasteiger partial charge in [0.15, 0.2) is 5.82 Å². The zero-order valence-electron chi connectivity index (χ0n) is 24.2. The number of carbonyl (C=O) groups is 2. The summed E-state index contributed by atoms with van der Waals surface area (Å²) >= 11 is 0. The normalized spacial score (nSPS) is 11.7. The van der Waals surface area contributed by atoms with Crippen molar-refractivity contribution in [3.63, 3.8) is 0 Å². The van der Waals surface area contributed by atoms with E-state index in [9.17, 15) is 9.59 Å². The summed E-state index contributed by atoms with van der Waals surface area (Å²) in [5.41, 5.74) is 5.77. The van der Waals surface area contributed by atoms with E-state index in [1.165, 1.54) is 0 Å². The summed E-state index contributed by atoms with van der Waals surface area (Å²) in [6.45, 7) is 4.60. The van der Waals surface area contributed by atoms with Gasteiger partial charge in [-0.25, -0.2) is 5.10 Å². The number of nitrogens with one attached hydrogen (secondary N) is 2. The molecule has 0 aliphatic rings. The van der Waals surface area contributed by atoms with Gasteiger partial charge in [-0.1, -0.05) is 74.0 Å². The number of amides is 1. The Hall–Kier alpha value is -5.19. The number of aromatic nitrogens is 7. The average molecular weight is 579 g/mol. The molecule has 2 N–H and O–H groups in total. The number of esters is 1. The Morgan fingerprint density at radius 2 is 1.77 bits per heavy atom. The van der Waals surface area contributed by atoms with Crippen molar-refractivity contribution in [1.82, 2.24) is 40.7 Å². The van der Waals surface area contributed by atoms with Gasteiger partial charge in [-0.05, 0) is 53.5 Å². The molecule has 43 heavy (non-hydrogen) atoms. The average Bonchev–Trinajstić information content (AvgIpc) is 3.69. The lowest BCUT2D eigenvalue weighted by Gasteiger charge is -2.17. The van der Waals surface area contributed by atoms with Crippen LogP contribution in [0.15, 0.2) is 79.0 Å². The summed E-state index contributed by atoms with van der Waals surface area (Å²) in [5, 5.41) is 21.9. The number of tetrazole rings is 1. The number of aryl methyl sites for hydroxylation is 1. The summed E-state index contributed by atoms with van der Waals surface area (Å²) < 4.78 is 7.00. The van der Waals surface area contributed by atoms with Crippen LogP contribution in [0.25, 0.3) is 22.6 Å². The largest absolute Gasteiger partial charge is 0.466 e. The van der Waals surface area contributed by atoms with E-state index in [0.717, 1.165) is 46.5 Å². The predicted octanol–water partition coefficient (Wildman–Crippen LogP) is 4.42. The highest BCUT2D eigenvalue weighted by Gasteiger charge is 2.22. The van der Waals surface area contributed by atoms with E-state index < -0.39 is 6.04 Å². The summed E-state index contributed by atoms with van der Waals surface area (Å²) in [4.78, 5) is 30.4. The highest BCUT2D eigenvalue weighted by Crippen LogP contribution is 2.28. The van der Waals surface area contributed by atoms with Crippen molar-refractivity contribution in [2.24, 2.45) is 0 Å². The molecule has 220 valence electrons. The first kappa shape index (κ1) is 29.3.